The van der Waals surface area contributed by atoms with Gasteiger partial charge in [-0.3, -0.25) is 0 Å². The summed E-state index contributed by atoms with van der Waals surface area (Å²) in [6.45, 7) is 0. The Balaban J connectivity index is 1.07. The summed E-state index contributed by atoms with van der Waals surface area (Å²) < 4.78 is 6.36. The van der Waals surface area contributed by atoms with Crippen molar-refractivity contribution >= 4 is 22.2 Å². The maximum absolute atomic E-state index is 6.36. The summed E-state index contributed by atoms with van der Waals surface area (Å²) in [6, 6.07) is 59.1. The number of hydrogen-bond acceptors (Lipinski definition) is 7. The van der Waals surface area contributed by atoms with Crippen molar-refractivity contribution in [2.24, 2.45) is 0 Å². The Kier molecular flexibility index (Phi) is 8.00. The Bertz CT molecular complexity index is 2930. The molecule has 0 fully saturated rings. The molecule has 4 heterocycles. The van der Waals surface area contributed by atoms with Gasteiger partial charge in [0.15, 0.2) is 28.9 Å². The fraction of sp³-hybridized carbons (Fsp3) is 0. The molecule has 0 saturated heterocycles. The van der Waals surface area contributed by atoms with Gasteiger partial charge in [-0.05, 0) is 22.8 Å². The van der Waals surface area contributed by atoms with Gasteiger partial charge in [0.25, 0.3) is 0 Å². The van der Waals surface area contributed by atoms with Gasteiger partial charge in [0.2, 0.25) is 5.71 Å². The molecule has 7 nitrogen and oxygen atoms in total. The highest BCUT2D eigenvalue weighted by atomic mass is 16.3. The van der Waals surface area contributed by atoms with Gasteiger partial charge in [0.1, 0.15) is 11.2 Å². The predicted octanol–water partition coefficient (Wildman–Crippen LogP) is 11.6. The first-order chi connectivity index (χ1) is 27.2. The van der Waals surface area contributed by atoms with E-state index in [4.69, 9.17) is 34.3 Å². The molecule has 4 aromatic heterocycles. The lowest BCUT2D eigenvalue weighted by molar-refractivity contribution is 0.653. The molecule has 0 aliphatic heterocycles. The largest absolute Gasteiger partial charge is 0.434 e. The number of benzene rings is 6. The van der Waals surface area contributed by atoms with Crippen molar-refractivity contribution in [2.75, 3.05) is 0 Å². The molecule has 55 heavy (non-hydrogen) atoms. The normalized spacial score (nSPS) is 11.3. The Hall–Kier alpha value is -7.64. The van der Waals surface area contributed by atoms with Crippen LogP contribution in [0.4, 0.5) is 0 Å². The number of rotatable bonds is 7. The molecule has 0 N–H and O–H groups in total. The standard InChI is InChI=1S/C48H30N6O/c1-5-13-31(14-6-1)33-21-23-37(24-22-33)46-52-45(35-19-11-4-12-20-35)53-47(54-46)38-27-25-36(26-28-38)44-50-41(34-17-9-3-10-18-34)43-42(51-44)40-29-39(30-49-48(40)55-43)32-15-7-2-8-16-32/h1-30H. The highest BCUT2D eigenvalue weighted by Crippen LogP contribution is 2.37. The fourth-order valence-electron chi connectivity index (χ4n) is 6.80. The van der Waals surface area contributed by atoms with Crippen LogP contribution in [0.5, 0.6) is 0 Å². The van der Waals surface area contributed by atoms with Gasteiger partial charge in [0, 0.05) is 39.6 Å². The van der Waals surface area contributed by atoms with Crippen molar-refractivity contribution in [3.63, 3.8) is 0 Å². The van der Waals surface area contributed by atoms with E-state index < -0.39 is 0 Å². The van der Waals surface area contributed by atoms with Gasteiger partial charge in [0.05, 0.1) is 5.39 Å². The lowest BCUT2D eigenvalue weighted by Crippen LogP contribution is -2.00. The summed E-state index contributed by atoms with van der Waals surface area (Å²) in [4.78, 5) is 29.7. The highest BCUT2D eigenvalue weighted by molar-refractivity contribution is 6.07. The van der Waals surface area contributed by atoms with Gasteiger partial charge in [-0.15, -0.1) is 0 Å². The zero-order chi connectivity index (χ0) is 36.6. The van der Waals surface area contributed by atoms with Crippen LogP contribution in [-0.4, -0.2) is 29.9 Å². The zero-order valence-electron chi connectivity index (χ0n) is 29.4. The maximum atomic E-state index is 6.36. The first-order valence-corrected chi connectivity index (χ1v) is 18.0. The van der Waals surface area contributed by atoms with E-state index in [2.05, 4.69) is 54.6 Å². The van der Waals surface area contributed by atoms with E-state index in [1.54, 1.807) is 0 Å². The molecule has 0 bridgehead atoms. The van der Waals surface area contributed by atoms with E-state index in [9.17, 15) is 0 Å². The summed E-state index contributed by atoms with van der Waals surface area (Å²) in [7, 11) is 0. The molecule has 0 aliphatic rings. The van der Waals surface area contributed by atoms with Crippen molar-refractivity contribution in [1.82, 2.24) is 29.9 Å². The molecule has 7 heteroatoms. The van der Waals surface area contributed by atoms with Gasteiger partial charge >= 0.3 is 0 Å². The Morgan fingerprint density at radius 2 is 0.709 bits per heavy atom. The van der Waals surface area contributed by atoms with E-state index >= 15 is 0 Å². The third kappa shape index (κ3) is 6.19. The summed E-state index contributed by atoms with van der Waals surface area (Å²) in [5, 5.41) is 0.830. The van der Waals surface area contributed by atoms with Gasteiger partial charge in [-0.1, -0.05) is 170 Å². The number of hydrogen-bond donors (Lipinski definition) is 0. The smallest absolute Gasteiger partial charge is 0.229 e. The molecule has 258 valence electrons. The summed E-state index contributed by atoms with van der Waals surface area (Å²) >= 11 is 0. The zero-order valence-corrected chi connectivity index (χ0v) is 29.4. The average Bonchev–Trinajstić information content (AvgIpc) is 3.65. The summed E-state index contributed by atoms with van der Waals surface area (Å²) in [5.74, 6) is 2.35. The first kappa shape index (κ1) is 32.0. The van der Waals surface area contributed by atoms with Crippen LogP contribution < -0.4 is 0 Å². The third-order valence-electron chi connectivity index (χ3n) is 9.64. The number of fused-ring (bicyclic) bond motifs is 3. The van der Waals surface area contributed by atoms with Crippen molar-refractivity contribution in [3.05, 3.63) is 182 Å². The Labute approximate surface area is 316 Å². The minimum absolute atomic E-state index is 0.517. The number of aromatic nitrogens is 6. The van der Waals surface area contributed by atoms with Crippen LogP contribution in [0.1, 0.15) is 0 Å². The highest BCUT2D eigenvalue weighted by Gasteiger charge is 2.20. The van der Waals surface area contributed by atoms with Gasteiger partial charge in [-0.2, -0.15) is 0 Å². The van der Waals surface area contributed by atoms with Crippen molar-refractivity contribution in [2.45, 2.75) is 0 Å². The minimum Gasteiger partial charge on any atom is -0.434 e. The number of nitrogens with zero attached hydrogens (tertiary/aromatic N) is 6. The van der Waals surface area contributed by atoms with Crippen LogP contribution in [0, 0.1) is 0 Å². The lowest BCUT2D eigenvalue weighted by atomic mass is 10.0. The van der Waals surface area contributed by atoms with E-state index in [0.717, 1.165) is 55.5 Å². The molecule has 6 aromatic carbocycles. The first-order valence-electron chi connectivity index (χ1n) is 18.0. The molecule has 0 amide bonds. The molecule has 0 aliphatic carbocycles. The molecule has 0 saturated carbocycles. The maximum Gasteiger partial charge on any atom is 0.229 e. The lowest BCUT2D eigenvalue weighted by Gasteiger charge is -2.10. The molecular formula is C48H30N6O. The van der Waals surface area contributed by atoms with Crippen LogP contribution in [0.3, 0.4) is 0 Å². The van der Waals surface area contributed by atoms with Crippen LogP contribution in [0.25, 0.3) is 101 Å². The molecule has 0 spiro atoms. The van der Waals surface area contributed by atoms with E-state index in [-0.39, 0.29) is 0 Å². The van der Waals surface area contributed by atoms with Crippen LogP contribution in [0.15, 0.2) is 187 Å². The third-order valence-corrected chi connectivity index (χ3v) is 9.64. The van der Waals surface area contributed by atoms with Crippen LogP contribution in [-0.2, 0) is 0 Å². The van der Waals surface area contributed by atoms with E-state index in [1.807, 2.05) is 128 Å². The van der Waals surface area contributed by atoms with Crippen LogP contribution >= 0.6 is 0 Å². The average molecular weight is 707 g/mol. The monoisotopic (exact) mass is 706 g/mol. The number of furan rings is 1. The topological polar surface area (TPSA) is 90.5 Å². The second-order valence-electron chi connectivity index (χ2n) is 13.2. The van der Waals surface area contributed by atoms with Gasteiger partial charge < -0.3 is 4.42 Å². The minimum atomic E-state index is 0.517. The fourth-order valence-corrected chi connectivity index (χ4v) is 6.80. The number of pyridine rings is 1. The van der Waals surface area contributed by atoms with Crippen molar-refractivity contribution < 1.29 is 4.42 Å². The van der Waals surface area contributed by atoms with Crippen LogP contribution in [0.2, 0.25) is 0 Å². The molecule has 0 radical (unpaired) electrons. The van der Waals surface area contributed by atoms with E-state index in [1.165, 1.54) is 0 Å². The molecular weight excluding hydrogens is 677 g/mol. The second-order valence-corrected chi connectivity index (χ2v) is 13.2. The molecule has 0 unspecified atom stereocenters. The van der Waals surface area contributed by atoms with Crippen molar-refractivity contribution in [3.8, 4) is 79.1 Å². The quantitative estimate of drug-likeness (QED) is 0.163. The molecule has 0 atom stereocenters. The Morgan fingerprint density at radius 3 is 1.22 bits per heavy atom. The SMILES string of the molecule is c1ccc(-c2ccc(-c3nc(-c4ccccc4)nc(-c4ccc(-c5nc(-c6ccccc6)c6oc7ncc(-c8ccccc8)cc7c6n5)cc4)n3)cc2)cc1. The van der Waals surface area contributed by atoms with Gasteiger partial charge in [-0.25, -0.2) is 29.9 Å². The summed E-state index contributed by atoms with van der Waals surface area (Å²) in [5.41, 5.74) is 11.3. The van der Waals surface area contributed by atoms with Crippen molar-refractivity contribution in [1.29, 1.82) is 0 Å². The predicted molar refractivity (Wildman–Crippen MR) is 219 cm³/mol. The molecule has 10 aromatic rings. The summed E-state index contributed by atoms with van der Waals surface area (Å²) in [6.07, 6.45) is 1.84. The Morgan fingerprint density at radius 1 is 0.327 bits per heavy atom. The second kappa shape index (κ2) is 13.7. The van der Waals surface area contributed by atoms with E-state index in [0.29, 0.717) is 45.8 Å². The molecule has 10 rings (SSSR count).